The molecule has 0 saturated carbocycles. The summed E-state index contributed by atoms with van der Waals surface area (Å²) in [5.74, 6) is 0.391. The van der Waals surface area contributed by atoms with Gasteiger partial charge in [-0.1, -0.05) is 78.1 Å². The van der Waals surface area contributed by atoms with E-state index in [-0.39, 0.29) is 0 Å². The standard InChI is InChI=1S/C21H42N2O/c1-3-5-6-7-8-9-10-11-12-13-14-15-21(24)23-19-17-22(16-4-2)18-20-23/h3-20H2,1-2H3. The molecule has 1 amide bonds. The highest BCUT2D eigenvalue weighted by Gasteiger charge is 2.19. The van der Waals surface area contributed by atoms with Crippen molar-refractivity contribution in [2.45, 2.75) is 97.3 Å². The summed E-state index contributed by atoms with van der Waals surface area (Å²) in [7, 11) is 0. The van der Waals surface area contributed by atoms with Gasteiger partial charge in [0, 0.05) is 32.6 Å². The van der Waals surface area contributed by atoms with Gasteiger partial charge in [-0.15, -0.1) is 0 Å². The van der Waals surface area contributed by atoms with Crippen LogP contribution in [0, 0.1) is 0 Å². The SMILES string of the molecule is CCCCCCCCCCCCCC(=O)N1CCN(CCC)CC1. The van der Waals surface area contributed by atoms with Crippen LogP contribution < -0.4 is 0 Å². The van der Waals surface area contributed by atoms with Crippen molar-refractivity contribution < 1.29 is 4.79 Å². The Kier molecular flexibility index (Phi) is 13.2. The van der Waals surface area contributed by atoms with E-state index in [2.05, 4.69) is 23.6 Å². The number of rotatable bonds is 14. The van der Waals surface area contributed by atoms with Gasteiger partial charge in [0.25, 0.3) is 0 Å². The zero-order valence-electron chi connectivity index (χ0n) is 16.5. The van der Waals surface area contributed by atoms with Crippen molar-refractivity contribution in [3.63, 3.8) is 0 Å². The van der Waals surface area contributed by atoms with Crippen LogP contribution in [0.2, 0.25) is 0 Å². The fourth-order valence-corrected chi connectivity index (χ4v) is 3.64. The summed E-state index contributed by atoms with van der Waals surface area (Å²) in [4.78, 5) is 16.8. The van der Waals surface area contributed by atoms with E-state index >= 15 is 0 Å². The molecule has 0 aromatic rings. The number of amides is 1. The van der Waals surface area contributed by atoms with Crippen LogP contribution in [0.25, 0.3) is 0 Å². The molecule has 1 heterocycles. The highest BCUT2D eigenvalue weighted by molar-refractivity contribution is 5.76. The third-order valence-electron chi connectivity index (χ3n) is 5.26. The Morgan fingerprint density at radius 2 is 1.17 bits per heavy atom. The number of unbranched alkanes of at least 4 members (excludes halogenated alkanes) is 10. The van der Waals surface area contributed by atoms with E-state index in [4.69, 9.17) is 0 Å². The highest BCUT2D eigenvalue weighted by Crippen LogP contribution is 2.13. The lowest BCUT2D eigenvalue weighted by Gasteiger charge is -2.34. The summed E-state index contributed by atoms with van der Waals surface area (Å²) in [5.41, 5.74) is 0. The van der Waals surface area contributed by atoms with E-state index in [0.29, 0.717) is 5.91 Å². The van der Waals surface area contributed by atoms with Gasteiger partial charge in [-0.05, 0) is 19.4 Å². The first-order chi connectivity index (χ1) is 11.8. The molecule has 0 bridgehead atoms. The minimum atomic E-state index is 0.391. The molecule has 0 aromatic heterocycles. The van der Waals surface area contributed by atoms with Gasteiger partial charge < -0.3 is 4.90 Å². The van der Waals surface area contributed by atoms with Crippen LogP contribution in [0.15, 0.2) is 0 Å². The minimum absolute atomic E-state index is 0.391. The van der Waals surface area contributed by atoms with E-state index in [1.54, 1.807) is 0 Å². The maximum absolute atomic E-state index is 12.2. The molecular formula is C21H42N2O. The van der Waals surface area contributed by atoms with Gasteiger partial charge in [-0.2, -0.15) is 0 Å². The molecule has 3 nitrogen and oxygen atoms in total. The number of carbonyl (C=O) groups is 1. The van der Waals surface area contributed by atoms with Crippen LogP contribution in [0.4, 0.5) is 0 Å². The topological polar surface area (TPSA) is 23.6 Å². The predicted octanol–water partition coefficient (Wildman–Crippen LogP) is 5.24. The molecular weight excluding hydrogens is 296 g/mol. The summed E-state index contributed by atoms with van der Waals surface area (Å²) in [6, 6.07) is 0. The molecule has 0 spiro atoms. The van der Waals surface area contributed by atoms with Crippen LogP contribution >= 0.6 is 0 Å². The minimum Gasteiger partial charge on any atom is -0.340 e. The molecule has 1 saturated heterocycles. The lowest BCUT2D eigenvalue weighted by Crippen LogP contribution is -2.48. The Morgan fingerprint density at radius 3 is 1.67 bits per heavy atom. The summed E-state index contributed by atoms with van der Waals surface area (Å²) in [6.45, 7) is 9.70. The zero-order valence-corrected chi connectivity index (χ0v) is 16.5. The van der Waals surface area contributed by atoms with Gasteiger partial charge in [0.2, 0.25) is 5.91 Å². The lowest BCUT2D eigenvalue weighted by molar-refractivity contribution is -0.133. The van der Waals surface area contributed by atoms with Gasteiger partial charge in [-0.3, -0.25) is 9.69 Å². The first-order valence-corrected chi connectivity index (χ1v) is 10.8. The van der Waals surface area contributed by atoms with Crippen molar-refractivity contribution in [1.82, 2.24) is 9.80 Å². The predicted molar refractivity (Wildman–Crippen MR) is 104 cm³/mol. The number of nitrogens with zero attached hydrogens (tertiary/aromatic N) is 2. The van der Waals surface area contributed by atoms with Gasteiger partial charge in [0.1, 0.15) is 0 Å². The van der Waals surface area contributed by atoms with Crippen molar-refractivity contribution in [1.29, 1.82) is 0 Å². The van der Waals surface area contributed by atoms with Crippen LogP contribution in [-0.2, 0) is 4.79 Å². The molecule has 0 unspecified atom stereocenters. The summed E-state index contributed by atoms with van der Waals surface area (Å²) in [5, 5.41) is 0. The average molecular weight is 339 g/mol. The van der Waals surface area contributed by atoms with E-state index in [9.17, 15) is 4.79 Å². The maximum atomic E-state index is 12.2. The number of hydrogen-bond donors (Lipinski definition) is 0. The van der Waals surface area contributed by atoms with E-state index in [1.165, 1.54) is 77.2 Å². The second-order valence-corrected chi connectivity index (χ2v) is 7.51. The second kappa shape index (κ2) is 14.7. The van der Waals surface area contributed by atoms with Crippen molar-refractivity contribution in [2.24, 2.45) is 0 Å². The Labute approximate surface area is 151 Å². The molecule has 0 N–H and O–H groups in total. The van der Waals surface area contributed by atoms with Crippen LogP contribution in [0.1, 0.15) is 97.3 Å². The van der Waals surface area contributed by atoms with E-state index < -0.39 is 0 Å². The van der Waals surface area contributed by atoms with Gasteiger partial charge in [0.15, 0.2) is 0 Å². The molecule has 3 heteroatoms. The molecule has 1 fully saturated rings. The molecule has 0 atom stereocenters. The fraction of sp³-hybridized carbons (Fsp3) is 0.952. The molecule has 1 rings (SSSR count). The summed E-state index contributed by atoms with van der Waals surface area (Å²) in [6.07, 6.45) is 16.8. The summed E-state index contributed by atoms with van der Waals surface area (Å²) < 4.78 is 0. The lowest BCUT2D eigenvalue weighted by atomic mass is 10.1. The molecule has 0 radical (unpaired) electrons. The molecule has 1 aliphatic heterocycles. The number of piperazine rings is 1. The Balaban J connectivity index is 1.88. The van der Waals surface area contributed by atoms with E-state index in [0.717, 1.165) is 39.0 Å². The monoisotopic (exact) mass is 338 g/mol. The molecule has 24 heavy (non-hydrogen) atoms. The maximum Gasteiger partial charge on any atom is 0.222 e. The zero-order chi connectivity index (χ0) is 17.5. The molecule has 0 aromatic carbocycles. The van der Waals surface area contributed by atoms with Crippen LogP contribution in [0.5, 0.6) is 0 Å². The average Bonchev–Trinajstić information content (AvgIpc) is 2.60. The molecule has 142 valence electrons. The van der Waals surface area contributed by atoms with E-state index in [1.807, 2.05) is 0 Å². The quantitative estimate of drug-likeness (QED) is 0.404. The van der Waals surface area contributed by atoms with Crippen molar-refractivity contribution in [3.05, 3.63) is 0 Å². The third kappa shape index (κ3) is 10.3. The van der Waals surface area contributed by atoms with Crippen molar-refractivity contribution in [3.8, 4) is 0 Å². The van der Waals surface area contributed by atoms with Crippen LogP contribution in [-0.4, -0.2) is 48.4 Å². The molecule has 0 aliphatic carbocycles. The summed E-state index contributed by atoms with van der Waals surface area (Å²) >= 11 is 0. The third-order valence-corrected chi connectivity index (χ3v) is 5.26. The Morgan fingerprint density at radius 1 is 0.667 bits per heavy atom. The number of hydrogen-bond acceptors (Lipinski definition) is 2. The van der Waals surface area contributed by atoms with Crippen LogP contribution in [0.3, 0.4) is 0 Å². The first kappa shape index (κ1) is 21.5. The molecule has 1 aliphatic rings. The largest absolute Gasteiger partial charge is 0.340 e. The second-order valence-electron chi connectivity index (χ2n) is 7.51. The van der Waals surface area contributed by atoms with Gasteiger partial charge in [-0.25, -0.2) is 0 Å². The normalized spacial score (nSPS) is 15.8. The van der Waals surface area contributed by atoms with Crippen molar-refractivity contribution >= 4 is 5.91 Å². The first-order valence-electron chi connectivity index (χ1n) is 10.8. The van der Waals surface area contributed by atoms with Crippen molar-refractivity contribution in [2.75, 3.05) is 32.7 Å². The Bertz CT molecular complexity index is 298. The fourth-order valence-electron chi connectivity index (χ4n) is 3.64. The number of carbonyl (C=O) groups excluding carboxylic acids is 1. The smallest absolute Gasteiger partial charge is 0.222 e. The Hall–Kier alpha value is -0.570. The highest BCUT2D eigenvalue weighted by atomic mass is 16.2. The van der Waals surface area contributed by atoms with Gasteiger partial charge in [0.05, 0.1) is 0 Å². The van der Waals surface area contributed by atoms with Gasteiger partial charge >= 0.3 is 0 Å².